The summed E-state index contributed by atoms with van der Waals surface area (Å²) < 4.78 is 10.8. The molecule has 1 aromatic heterocycles. The van der Waals surface area contributed by atoms with E-state index in [-0.39, 0.29) is 5.91 Å². The number of ether oxygens (including phenoxy) is 1. The van der Waals surface area contributed by atoms with Gasteiger partial charge in [0.15, 0.2) is 0 Å². The Bertz CT molecular complexity index is 358. The normalized spacial score (nSPS) is 16.0. The molecular formula is C13H22N2O3. The maximum atomic E-state index is 11.8. The molecule has 0 radical (unpaired) electrons. The van der Waals surface area contributed by atoms with Crippen LogP contribution < -0.4 is 11.1 Å². The molecule has 1 aromatic rings. The third-order valence-electron chi connectivity index (χ3n) is 3.03. The van der Waals surface area contributed by atoms with Crippen molar-refractivity contribution in [2.24, 2.45) is 5.73 Å². The first kappa shape index (κ1) is 14.7. The molecule has 3 N–H and O–H groups in total. The van der Waals surface area contributed by atoms with Gasteiger partial charge in [0, 0.05) is 6.54 Å². The van der Waals surface area contributed by atoms with Crippen LogP contribution in [-0.4, -0.2) is 24.2 Å². The minimum absolute atomic E-state index is 0.167. The quantitative estimate of drug-likeness (QED) is 0.771. The lowest BCUT2D eigenvalue weighted by atomic mass is 10.0. The van der Waals surface area contributed by atoms with Gasteiger partial charge in [0.05, 0.1) is 18.4 Å². The smallest absolute Gasteiger partial charge is 0.249 e. The second-order valence-electron chi connectivity index (χ2n) is 4.56. The average Bonchev–Trinajstić information content (AvgIpc) is 2.88. The molecule has 0 fully saturated rings. The molecule has 1 heterocycles. The van der Waals surface area contributed by atoms with Crippen LogP contribution in [0.5, 0.6) is 0 Å². The summed E-state index contributed by atoms with van der Waals surface area (Å²) in [5.41, 5.74) is 5.19. The average molecular weight is 254 g/mol. The molecule has 0 bridgehead atoms. The molecule has 2 atom stereocenters. The topological polar surface area (TPSA) is 77.5 Å². The second kappa shape index (κ2) is 6.56. The van der Waals surface area contributed by atoms with Gasteiger partial charge in [-0.2, -0.15) is 0 Å². The van der Waals surface area contributed by atoms with Crippen molar-refractivity contribution in [1.29, 1.82) is 0 Å². The monoisotopic (exact) mass is 254 g/mol. The summed E-state index contributed by atoms with van der Waals surface area (Å²) in [6, 6.07) is 3.59. The van der Waals surface area contributed by atoms with Crippen molar-refractivity contribution >= 4 is 5.91 Å². The minimum Gasteiger partial charge on any atom is -0.467 e. The van der Waals surface area contributed by atoms with Gasteiger partial charge in [-0.25, -0.2) is 0 Å². The van der Waals surface area contributed by atoms with E-state index < -0.39 is 11.7 Å². The predicted molar refractivity (Wildman–Crippen MR) is 68.9 cm³/mol. The van der Waals surface area contributed by atoms with Gasteiger partial charge in [0.1, 0.15) is 11.9 Å². The van der Waals surface area contributed by atoms with Crippen LogP contribution in [0.15, 0.2) is 22.8 Å². The van der Waals surface area contributed by atoms with Crippen LogP contribution in [0.4, 0.5) is 0 Å². The zero-order valence-electron chi connectivity index (χ0n) is 11.2. The molecule has 5 heteroatoms. The van der Waals surface area contributed by atoms with E-state index in [4.69, 9.17) is 14.9 Å². The summed E-state index contributed by atoms with van der Waals surface area (Å²) in [5.74, 6) is 0.548. The number of rotatable bonds is 7. The second-order valence-corrected chi connectivity index (χ2v) is 4.56. The number of hydrogen-bond acceptors (Lipinski definition) is 4. The molecular weight excluding hydrogens is 232 g/mol. The molecule has 0 saturated heterocycles. The van der Waals surface area contributed by atoms with Gasteiger partial charge in [-0.15, -0.1) is 0 Å². The number of carbonyl (C=O) groups excluding carboxylic acids is 1. The van der Waals surface area contributed by atoms with Gasteiger partial charge >= 0.3 is 0 Å². The Morgan fingerprint density at radius 2 is 2.39 bits per heavy atom. The summed E-state index contributed by atoms with van der Waals surface area (Å²) in [6.07, 6.45) is 1.80. The number of hydrogen-bond donors (Lipinski definition) is 2. The standard InChI is InChI=1S/C13H22N2O3/c1-4-13(3,9-14)18-10(2)12(16)15-8-11-6-5-7-17-11/h5-7,10H,4,8-9,14H2,1-3H3,(H,15,16). The van der Waals surface area contributed by atoms with Gasteiger partial charge in [0.2, 0.25) is 5.91 Å². The van der Waals surface area contributed by atoms with E-state index in [9.17, 15) is 4.79 Å². The van der Waals surface area contributed by atoms with Gasteiger partial charge in [-0.05, 0) is 32.4 Å². The molecule has 0 aliphatic carbocycles. The Hall–Kier alpha value is -1.33. The Morgan fingerprint density at radius 3 is 2.89 bits per heavy atom. The van der Waals surface area contributed by atoms with E-state index in [0.717, 1.165) is 6.42 Å². The SMILES string of the molecule is CCC(C)(CN)OC(C)C(=O)NCc1ccco1. The van der Waals surface area contributed by atoms with Crippen molar-refractivity contribution in [3.05, 3.63) is 24.2 Å². The highest BCUT2D eigenvalue weighted by molar-refractivity contribution is 5.80. The molecule has 0 aromatic carbocycles. The van der Waals surface area contributed by atoms with Gasteiger partial charge < -0.3 is 20.2 Å². The van der Waals surface area contributed by atoms with E-state index in [2.05, 4.69) is 5.32 Å². The van der Waals surface area contributed by atoms with Crippen LogP contribution in [0, 0.1) is 0 Å². The fourth-order valence-electron chi connectivity index (χ4n) is 1.49. The van der Waals surface area contributed by atoms with Crippen molar-refractivity contribution in [1.82, 2.24) is 5.32 Å². The molecule has 1 amide bonds. The van der Waals surface area contributed by atoms with Crippen LogP contribution >= 0.6 is 0 Å². The Morgan fingerprint density at radius 1 is 1.67 bits per heavy atom. The highest BCUT2D eigenvalue weighted by atomic mass is 16.5. The first-order valence-electron chi connectivity index (χ1n) is 6.18. The number of amides is 1. The Balaban J connectivity index is 2.41. The molecule has 18 heavy (non-hydrogen) atoms. The maximum Gasteiger partial charge on any atom is 0.249 e. The largest absolute Gasteiger partial charge is 0.467 e. The highest BCUT2D eigenvalue weighted by Crippen LogP contribution is 2.16. The number of furan rings is 1. The van der Waals surface area contributed by atoms with Gasteiger partial charge in [-0.3, -0.25) is 4.79 Å². The number of nitrogens with one attached hydrogen (secondary N) is 1. The lowest BCUT2D eigenvalue weighted by Crippen LogP contribution is -2.44. The van der Waals surface area contributed by atoms with Crippen LogP contribution in [0.2, 0.25) is 0 Å². The molecule has 0 saturated carbocycles. The lowest BCUT2D eigenvalue weighted by molar-refractivity contribution is -0.143. The highest BCUT2D eigenvalue weighted by Gasteiger charge is 2.26. The van der Waals surface area contributed by atoms with E-state index in [0.29, 0.717) is 18.8 Å². The van der Waals surface area contributed by atoms with Crippen molar-refractivity contribution in [2.45, 2.75) is 45.4 Å². The third kappa shape index (κ3) is 4.16. The third-order valence-corrected chi connectivity index (χ3v) is 3.03. The first-order chi connectivity index (χ1) is 8.50. The fraction of sp³-hybridized carbons (Fsp3) is 0.615. The fourth-order valence-corrected chi connectivity index (χ4v) is 1.49. The summed E-state index contributed by atoms with van der Waals surface area (Å²) >= 11 is 0. The molecule has 2 unspecified atom stereocenters. The Labute approximate surface area is 108 Å². The van der Waals surface area contributed by atoms with Crippen LogP contribution in [0.25, 0.3) is 0 Å². The van der Waals surface area contributed by atoms with Gasteiger partial charge in [-0.1, -0.05) is 6.92 Å². The molecule has 5 nitrogen and oxygen atoms in total. The maximum absolute atomic E-state index is 11.8. The van der Waals surface area contributed by atoms with E-state index in [1.807, 2.05) is 19.9 Å². The Kier molecular flexibility index (Phi) is 5.37. The van der Waals surface area contributed by atoms with Crippen LogP contribution in [0.1, 0.15) is 33.0 Å². The summed E-state index contributed by atoms with van der Waals surface area (Å²) in [4.78, 5) is 11.8. The number of carbonyl (C=O) groups is 1. The molecule has 0 aliphatic heterocycles. The van der Waals surface area contributed by atoms with E-state index >= 15 is 0 Å². The van der Waals surface area contributed by atoms with Crippen molar-refractivity contribution in [3.63, 3.8) is 0 Å². The van der Waals surface area contributed by atoms with Gasteiger partial charge in [0.25, 0.3) is 0 Å². The van der Waals surface area contributed by atoms with E-state index in [1.165, 1.54) is 0 Å². The molecule has 102 valence electrons. The summed E-state index contributed by atoms with van der Waals surface area (Å²) in [5, 5.41) is 2.76. The summed E-state index contributed by atoms with van der Waals surface area (Å²) in [6.45, 7) is 6.37. The predicted octanol–water partition coefficient (Wildman–Crippen LogP) is 1.43. The molecule has 1 rings (SSSR count). The molecule has 0 aliphatic rings. The van der Waals surface area contributed by atoms with Crippen molar-refractivity contribution in [2.75, 3.05) is 6.54 Å². The zero-order chi connectivity index (χ0) is 13.6. The van der Waals surface area contributed by atoms with E-state index in [1.54, 1.807) is 19.3 Å². The summed E-state index contributed by atoms with van der Waals surface area (Å²) in [7, 11) is 0. The van der Waals surface area contributed by atoms with Crippen LogP contribution in [0.3, 0.4) is 0 Å². The lowest BCUT2D eigenvalue weighted by Gasteiger charge is -2.30. The minimum atomic E-state index is -0.534. The van der Waals surface area contributed by atoms with Crippen molar-refractivity contribution in [3.8, 4) is 0 Å². The molecule has 0 spiro atoms. The van der Waals surface area contributed by atoms with Crippen LogP contribution in [-0.2, 0) is 16.1 Å². The number of nitrogens with two attached hydrogens (primary N) is 1. The van der Waals surface area contributed by atoms with Crippen molar-refractivity contribution < 1.29 is 13.9 Å². The first-order valence-corrected chi connectivity index (χ1v) is 6.18. The zero-order valence-corrected chi connectivity index (χ0v) is 11.2.